The predicted molar refractivity (Wildman–Crippen MR) is 105 cm³/mol. The number of fused-ring (bicyclic) bond motifs is 1. The Kier molecular flexibility index (Phi) is 5.08. The Bertz CT molecular complexity index is 1290. The number of carbonyl (C=O) groups excluding carboxylic acids is 1. The lowest BCUT2D eigenvalue weighted by atomic mass is 10.1. The first-order valence-corrected chi connectivity index (χ1v) is 10.2. The van der Waals surface area contributed by atoms with Gasteiger partial charge in [0.1, 0.15) is 17.2 Å². The number of hydrogen-bond donors (Lipinski definition) is 1. The van der Waals surface area contributed by atoms with Crippen molar-refractivity contribution in [1.29, 1.82) is 0 Å². The minimum atomic E-state index is -3.89. The van der Waals surface area contributed by atoms with Gasteiger partial charge in [0.05, 0.1) is 26.9 Å². The number of nitrogens with one attached hydrogen (secondary N) is 1. The lowest BCUT2D eigenvalue weighted by Crippen LogP contribution is -2.20. The van der Waals surface area contributed by atoms with E-state index < -0.39 is 43.9 Å². The van der Waals surface area contributed by atoms with E-state index in [1.807, 2.05) is 0 Å². The molecule has 154 valence electrons. The Balaban J connectivity index is 2.26. The number of imidazole rings is 1. The van der Waals surface area contributed by atoms with Crippen LogP contribution in [-0.4, -0.2) is 28.7 Å². The van der Waals surface area contributed by atoms with E-state index in [0.29, 0.717) is 11.0 Å². The average molecular weight is 423 g/mol. The second kappa shape index (κ2) is 7.11. The summed E-state index contributed by atoms with van der Waals surface area (Å²) in [5.74, 6) is -3.30. The summed E-state index contributed by atoms with van der Waals surface area (Å²) >= 11 is 0. The summed E-state index contributed by atoms with van der Waals surface area (Å²) in [7, 11) is -0.915. The van der Waals surface area contributed by atoms with Crippen LogP contribution in [0.15, 0.2) is 40.0 Å². The van der Waals surface area contributed by atoms with E-state index in [9.17, 15) is 26.8 Å². The highest BCUT2D eigenvalue weighted by Crippen LogP contribution is 2.30. The fourth-order valence-electron chi connectivity index (χ4n) is 3.01. The SMILES string of the molecule is CC(C)S(=O)(=O)c1cc2c(cc1NC(=O)c1c(F)cccc1F)n(C)c(=O)n2C. The van der Waals surface area contributed by atoms with Crippen molar-refractivity contribution < 1.29 is 22.0 Å². The fourth-order valence-corrected chi connectivity index (χ4v) is 4.21. The molecule has 1 heterocycles. The van der Waals surface area contributed by atoms with Crippen LogP contribution in [0.1, 0.15) is 24.2 Å². The van der Waals surface area contributed by atoms with Crippen molar-refractivity contribution in [1.82, 2.24) is 9.13 Å². The van der Waals surface area contributed by atoms with Crippen LogP contribution in [0.2, 0.25) is 0 Å². The molecule has 2 aromatic carbocycles. The van der Waals surface area contributed by atoms with Crippen molar-refractivity contribution in [2.24, 2.45) is 14.1 Å². The first-order chi connectivity index (χ1) is 13.5. The number of carbonyl (C=O) groups is 1. The Hall–Kier alpha value is -3.01. The van der Waals surface area contributed by atoms with Crippen LogP contribution in [0.5, 0.6) is 0 Å². The molecule has 1 aromatic heterocycles. The number of sulfone groups is 1. The summed E-state index contributed by atoms with van der Waals surface area (Å²) in [6.45, 7) is 2.93. The van der Waals surface area contributed by atoms with E-state index in [4.69, 9.17) is 0 Å². The Morgan fingerprint density at radius 3 is 2.07 bits per heavy atom. The zero-order valence-electron chi connectivity index (χ0n) is 16.2. The predicted octanol–water partition coefficient (Wildman–Crippen LogP) is 2.59. The van der Waals surface area contributed by atoms with Crippen LogP contribution in [-0.2, 0) is 23.9 Å². The molecule has 0 saturated carbocycles. The number of hydrogen-bond acceptors (Lipinski definition) is 4. The van der Waals surface area contributed by atoms with Crippen LogP contribution in [0.4, 0.5) is 14.5 Å². The molecule has 0 saturated heterocycles. The molecule has 1 amide bonds. The first kappa shape index (κ1) is 20.7. The number of anilines is 1. The molecule has 0 aliphatic heterocycles. The van der Waals surface area contributed by atoms with Crippen molar-refractivity contribution >= 4 is 32.5 Å². The molecule has 0 aliphatic rings. The van der Waals surface area contributed by atoms with Gasteiger partial charge in [-0.1, -0.05) is 6.07 Å². The van der Waals surface area contributed by atoms with Gasteiger partial charge >= 0.3 is 5.69 Å². The molecule has 10 heteroatoms. The topological polar surface area (TPSA) is 90.2 Å². The normalized spacial score (nSPS) is 12.0. The van der Waals surface area contributed by atoms with Gasteiger partial charge in [0.25, 0.3) is 5.91 Å². The molecule has 0 bridgehead atoms. The molecule has 3 rings (SSSR count). The minimum absolute atomic E-state index is 0.167. The maximum atomic E-state index is 14.0. The molecule has 0 spiro atoms. The highest BCUT2D eigenvalue weighted by Gasteiger charge is 2.27. The Morgan fingerprint density at radius 2 is 1.55 bits per heavy atom. The second-order valence-corrected chi connectivity index (χ2v) is 9.35. The number of aromatic nitrogens is 2. The molecule has 0 fully saturated rings. The number of aryl methyl sites for hydroxylation is 2. The quantitative estimate of drug-likeness (QED) is 0.699. The number of nitrogens with zero attached hydrogens (tertiary/aromatic N) is 2. The summed E-state index contributed by atoms with van der Waals surface area (Å²) in [4.78, 5) is 24.5. The molecule has 0 atom stereocenters. The largest absolute Gasteiger partial charge is 0.328 e. The van der Waals surface area contributed by atoms with Crippen molar-refractivity contribution in [2.75, 3.05) is 5.32 Å². The fraction of sp³-hybridized carbons (Fsp3) is 0.263. The standard InChI is InChI=1S/C19H19F2N3O4S/c1-10(2)29(27,28)16-9-15-14(23(3)19(26)24(15)4)8-13(16)22-18(25)17-11(20)6-5-7-12(17)21/h5-10H,1-4H3,(H,22,25). The monoisotopic (exact) mass is 423 g/mol. The van der Waals surface area contributed by atoms with E-state index >= 15 is 0 Å². The molecule has 0 unspecified atom stereocenters. The second-order valence-electron chi connectivity index (χ2n) is 6.88. The van der Waals surface area contributed by atoms with E-state index in [0.717, 1.165) is 18.2 Å². The van der Waals surface area contributed by atoms with Gasteiger partial charge < -0.3 is 5.32 Å². The highest BCUT2D eigenvalue weighted by molar-refractivity contribution is 7.92. The molecule has 1 N–H and O–H groups in total. The van der Waals surface area contributed by atoms with E-state index in [1.165, 1.54) is 49.2 Å². The molecular weight excluding hydrogens is 404 g/mol. The van der Waals surface area contributed by atoms with Gasteiger partial charge in [0.2, 0.25) is 0 Å². The highest BCUT2D eigenvalue weighted by atomic mass is 32.2. The van der Waals surface area contributed by atoms with Crippen LogP contribution < -0.4 is 11.0 Å². The lowest BCUT2D eigenvalue weighted by molar-refractivity contribution is 0.101. The van der Waals surface area contributed by atoms with Crippen molar-refractivity contribution in [2.45, 2.75) is 24.0 Å². The third kappa shape index (κ3) is 3.33. The molecular formula is C19H19F2N3O4S. The molecule has 0 aliphatic carbocycles. The van der Waals surface area contributed by atoms with Crippen LogP contribution >= 0.6 is 0 Å². The van der Waals surface area contributed by atoms with Crippen LogP contribution in [0.3, 0.4) is 0 Å². The van der Waals surface area contributed by atoms with Gasteiger partial charge in [-0.2, -0.15) is 0 Å². The van der Waals surface area contributed by atoms with Crippen molar-refractivity contribution in [3.8, 4) is 0 Å². The average Bonchev–Trinajstić information content (AvgIpc) is 2.84. The summed E-state index contributed by atoms with van der Waals surface area (Å²) in [5, 5.41) is 1.46. The zero-order valence-corrected chi connectivity index (χ0v) is 17.0. The molecule has 7 nitrogen and oxygen atoms in total. The Morgan fingerprint density at radius 1 is 1.03 bits per heavy atom. The molecule has 0 radical (unpaired) electrons. The minimum Gasteiger partial charge on any atom is -0.321 e. The van der Waals surface area contributed by atoms with E-state index in [2.05, 4.69) is 5.32 Å². The smallest absolute Gasteiger partial charge is 0.321 e. The lowest BCUT2D eigenvalue weighted by Gasteiger charge is -2.15. The Labute approximate surface area is 165 Å². The maximum absolute atomic E-state index is 14.0. The van der Waals surface area contributed by atoms with Gasteiger partial charge in [0, 0.05) is 14.1 Å². The molecule has 3 aromatic rings. The summed E-state index contributed by atoms with van der Waals surface area (Å²) in [6.07, 6.45) is 0. The third-order valence-electron chi connectivity index (χ3n) is 4.74. The number of halogens is 2. The van der Waals surface area contributed by atoms with Gasteiger partial charge in [0.15, 0.2) is 9.84 Å². The third-order valence-corrected chi connectivity index (χ3v) is 6.93. The zero-order chi connectivity index (χ0) is 21.7. The van der Waals surface area contributed by atoms with E-state index in [1.54, 1.807) is 0 Å². The van der Waals surface area contributed by atoms with Gasteiger partial charge in [-0.25, -0.2) is 22.0 Å². The summed E-state index contributed by atoms with van der Waals surface area (Å²) in [5.41, 5.74) is -0.699. The molecule has 29 heavy (non-hydrogen) atoms. The summed E-state index contributed by atoms with van der Waals surface area (Å²) < 4.78 is 56.2. The van der Waals surface area contributed by atoms with E-state index in [-0.39, 0.29) is 10.6 Å². The number of amides is 1. The van der Waals surface area contributed by atoms with Crippen molar-refractivity contribution in [3.05, 3.63) is 58.0 Å². The van der Waals surface area contributed by atoms with Gasteiger partial charge in [-0.3, -0.25) is 13.9 Å². The van der Waals surface area contributed by atoms with Crippen LogP contribution in [0, 0.1) is 11.6 Å². The van der Waals surface area contributed by atoms with Crippen LogP contribution in [0.25, 0.3) is 11.0 Å². The first-order valence-electron chi connectivity index (χ1n) is 8.65. The number of rotatable bonds is 4. The van der Waals surface area contributed by atoms with Gasteiger partial charge in [-0.05, 0) is 38.1 Å². The summed E-state index contributed by atoms with van der Waals surface area (Å²) in [6, 6.07) is 5.55. The van der Waals surface area contributed by atoms with Gasteiger partial charge in [-0.15, -0.1) is 0 Å². The van der Waals surface area contributed by atoms with Crippen molar-refractivity contribution in [3.63, 3.8) is 0 Å². The number of benzene rings is 2. The maximum Gasteiger partial charge on any atom is 0.328 e.